The van der Waals surface area contributed by atoms with E-state index in [1.807, 2.05) is 4.90 Å². The van der Waals surface area contributed by atoms with Crippen LogP contribution in [-0.2, 0) is 0 Å². The number of carbonyl (C=O) groups excluding carboxylic acids is 1. The second kappa shape index (κ2) is 4.29. The van der Waals surface area contributed by atoms with Gasteiger partial charge in [-0.15, -0.1) is 0 Å². The van der Waals surface area contributed by atoms with Crippen molar-refractivity contribution >= 4 is 5.91 Å². The van der Waals surface area contributed by atoms with Gasteiger partial charge in [0, 0.05) is 30.9 Å². The van der Waals surface area contributed by atoms with Crippen LogP contribution in [0.1, 0.15) is 29.6 Å². The Morgan fingerprint density at radius 2 is 2.00 bits per heavy atom. The summed E-state index contributed by atoms with van der Waals surface area (Å²) >= 11 is 0. The van der Waals surface area contributed by atoms with Gasteiger partial charge >= 0.3 is 0 Å². The number of piperidine rings is 1. The van der Waals surface area contributed by atoms with Gasteiger partial charge in [0.15, 0.2) is 0 Å². The highest BCUT2D eigenvalue weighted by atomic mass is 16.2. The Morgan fingerprint density at radius 1 is 1.27 bits per heavy atom. The van der Waals surface area contributed by atoms with Crippen molar-refractivity contribution in [2.24, 2.45) is 0 Å². The summed E-state index contributed by atoms with van der Waals surface area (Å²) in [6.07, 6.45) is 4.84. The standard InChI is InChI=1S/C11H14N2O2/c14-10-8-9(4-5-12-10)11(15)13-6-2-1-3-7-13/h4-5,8H,1-3,6-7H2,(H,12,14). The number of pyridine rings is 1. The van der Waals surface area contributed by atoms with Crippen LogP contribution in [0.2, 0.25) is 0 Å². The molecule has 4 nitrogen and oxygen atoms in total. The average Bonchev–Trinajstić information content (AvgIpc) is 2.29. The lowest BCUT2D eigenvalue weighted by Gasteiger charge is -2.26. The smallest absolute Gasteiger partial charge is 0.254 e. The molecule has 1 aliphatic rings. The summed E-state index contributed by atoms with van der Waals surface area (Å²) < 4.78 is 0. The second-order valence-corrected chi connectivity index (χ2v) is 3.79. The van der Waals surface area contributed by atoms with Crippen LogP contribution >= 0.6 is 0 Å². The predicted octanol–water partition coefficient (Wildman–Crippen LogP) is 1.00. The molecule has 0 aromatic carbocycles. The number of likely N-dealkylation sites (tertiary alicyclic amines) is 1. The number of hydrogen-bond acceptors (Lipinski definition) is 2. The highest BCUT2D eigenvalue weighted by Gasteiger charge is 2.17. The maximum Gasteiger partial charge on any atom is 0.254 e. The lowest BCUT2D eigenvalue weighted by molar-refractivity contribution is 0.0724. The predicted molar refractivity (Wildman–Crippen MR) is 56.8 cm³/mol. The van der Waals surface area contributed by atoms with Crippen LogP contribution in [0.15, 0.2) is 23.1 Å². The zero-order valence-electron chi connectivity index (χ0n) is 8.53. The average molecular weight is 206 g/mol. The van der Waals surface area contributed by atoms with E-state index in [-0.39, 0.29) is 11.5 Å². The van der Waals surface area contributed by atoms with E-state index in [4.69, 9.17) is 0 Å². The van der Waals surface area contributed by atoms with Crippen LogP contribution in [0.5, 0.6) is 0 Å². The molecular formula is C11H14N2O2. The van der Waals surface area contributed by atoms with Crippen molar-refractivity contribution in [2.45, 2.75) is 19.3 Å². The lowest BCUT2D eigenvalue weighted by Crippen LogP contribution is -2.36. The molecule has 1 aromatic rings. The van der Waals surface area contributed by atoms with E-state index in [0.29, 0.717) is 5.56 Å². The molecule has 4 heteroatoms. The van der Waals surface area contributed by atoms with Gasteiger partial charge in [-0.25, -0.2) is 0 Å². The number of rotatable bonds is 1. The Labute approximate surface area is 87.9 Å². The van der Waals surface area contributed by atoms with Gasteiger partial charge in [0.1, 0.15) is 0 Å². The number of carbonyl (C=O) groups is 1. The van der Waals surface area contributed by atoms with Gasteiger partial charge in [-0.3, -0.25) is 9.59 Å². The number of amides is 1. The molecule has 0 bridgehead atoms. The van der Waals surface area contributed by atoms with Crippen LogP contribution < -0.4 is 5.56 Å². The van der Waals surface area contributed by atoms with Gasteiger partial charge in [0.05, 0.1) is 0 Å². The van der Waals surface area contributed by atoms with Crippen LogP contribution in [0.4, 0.5) is 0 Å². The Balaban J connectivity index is 2.16. The first-order valence-electron chi connectivity index (χ1n) is 5.25. The lowest BCUT2D eigenvalue weighted by atomic mass is 10.1. The number of aromatic nitrogens is 1. The largest absolute Gasteiger partial charge is 0.339 e. The zero-order chi connectivity index (χ0) is 10.7. The topological polar surface area (TPSA) is 53.2 Å². The Bertz CT molecular complexity index is 405. The molecule has 1 saturated heterocycles. The molecule has 0 atom stereocenters. The first kappa shape index (κ1) is 9.96. The Morgan fingerprint density at radius 3 is 2.67 bits per heavy atom. The van der Waals surface area contributed by atoms with Crippen molar-refractivity contribution in [3.63, 3.8) is 0 Å². The maximum absolute atomic E-state index is 11.9. The fourth-order valence-electron chi connectivity index (χ4n) is 1.86. The SMILES string of the molecule is O=C(c1cc[nH]c(=O)c1)N1CCCCC1. The van der Waals surface area contributed by atoms with E-state index in [0.717, 1.165) is 25.9 Å². The van der Waals surface area contributed by atoms with Crippen LogP contribution in [0.25, 0.3) is 0 Å². The molecule has 0 aliphatic carbocycles. The molecule has 0 saturated carbocycles. The van der Waals surface area contributed by atoms with Gasteiger partial charge in [-0.05, 0) is 25.3 Å². The summed E-state index contributed by atoms with van der Waals surface area (Å²) in [5, 5.41) is 0. The number of H-pyrrole nitrogens is 1. The third-order valence-electron chi connectivity index (χ3n) is 2.67. The van der Waals surface area contributed by atoms with Crippen molar-refractivity contribution in [3.8, 4) is 0 Å². The van der Waals surface area contributed by atoms with Crippen LogP contribution in [0.3, 0.4) is 0 Å². The normalized spacial score (nSPS) is 16.4. The monoisotopic (exact) mass is 206 g/mol. The molecule has 15 heavy (non-hydrogen) atoms. The number of aromatic amines is 1. The second-order valence-electron chi connectivity index (χ2n) is 3.79. The Hall–Kier alpha value is -1.58. The summed E-state index contributed by atoms with van der Waals surface area (Å²) in [5.74, 6) is -0.0270. The zero-order valence-corrected chi connectivity index (χ0v) is 8.53. The van der Waals surface area contributed by atoms with Gasteiger partial charge in [-0.1, -0.05) is 0 Å². The summed E-state index contributed by atoms with van der Waals surface area (Å²) in [6, 6.07) is 3.01. The van der Waals surface area contributed by atoms with E-state index in [2.05, 4.69) is 4.98 Å². The minimum atomic E-state index is -0.224. The maximum atomic E-state index is 11.9. The summed E-state index contributed by atoms with van der Waals surface area (Å²) in [6.45, 7) is 1.62. The third kappa shape index (κ3) is 2.26. The molecule has 0 spiro atoms. The fourth-order valence-corrected chi connectivity index (χ4v) is 1.86. The molecule has 0 unspecified atom stereocenters. The quantitative estimate of drug-likeness (QED) is 0.745. The van der Waals surface area contributed by atoms with E-state index >= 15 is 0 Å². The minimum absolute atomic E-state index is 0.0270. The summed E-state index contributed by atoms with van der Waals surface area (Å²) in [4.78, 5) is 27.3. The van der Waals surface area contributed by atoms with Crippen molar-refractivity contribution in [1.29, 1.82) is 0 Å². The van der Waals surface area contributed by atoms with Crippen LogP contribution in [-0.4, -0.2) is 28.9 Å². The molecule has 1 aliphatic heterocycles. The van der Waals surface area contributed by atoms with Gasteiger partial charge < -0.3 is 9.88 Å². The first-order chi connectivity index (χ1) is 7.27. The molecule has 1 fully saturated rings. The van der Waals surface area contributed by atoms with E-state index < -0.39 is 0 Å². The number of nitrogens with zero attached hydrogens (tertiary/aromatic N) is 1. The molecular weight excluding hydrogens is 192 g/mol. The fraction of sp³-hybridized carbons (Fsp3) is 0.455. The minimum Gasteiger partial charge on any atom is -0.339 e. The Kier molecular flexibility index (Phi) is 2.85. The molecule has 1 aromatic heterocycles. The summed E-state index contributed by atoms with van der Waals surface area (Å²) in [5.41, 5.74) is 0.263. The van der Waals surface area contributed by atoms with E-state index in [9.17, 15) is 9.59 Å². The van der Waals surface area contributed by atoms with E-state index in [1.165, 1.54) is 18.7 Å². The molecule has 1 N–H and O–H groups in total. The van der Waals surface area contributed by atoms with E-state index in [1.54, 1.807) is 6.07 Å². The van der Waals surface area contributed by atoms with Crippen molar-refractivity contribution < 1.29 is 4.79 Å². The van der Waals surface area contributed by atoms with Crippen molar-refractivity contribution in [3.05, 3.63) is 34.2 Å². The molecule has 0 radical (unpaired) electrons. The highest BCUT2D eigenvalue weighted by Crippen LogP contribution is 2.11. The van der Waals surface area contributed by atoms with Crippen molar-refractivity contribution in [1.82, 2.24) is 9.88 Å². The van der Waals surface area contributed by atoms with Crippen molar-refractivity contribution in [2.75, 3.05) is 13.1 Å². The molecule has 2 rings (SSSR count). The van der Waals surface area contributed by atoms with Gasteiger partial charge in [0.25, 0.3) is 5.91 Å². The van der Waals surface area contributed by atoms with Crippen LogP contribution in [0, 0.1) is 0 Å². The molecule has 2 heterocycles. The number of nitrogens with one attached hydrogen (secondary N) is 1. The van der Waals surface area contributed by atoms with Gasteiger partial charge in [-0.2, -0.15) is 0 Å². The number of hydrogen-bond donors (Lipinski definition) is 1. The first-order valence-corrected chi connectivity index (χ1v) is 5.25. The summed E-state index contributed by atoms with van der Waals surface area (Å²) in [7, 11) is 0. The molecule has 1 amide bonds. The highest BCUT2D eigenvalue weighted by molar-refractivity contribution is 5.94. The van der Waals surface area contributed by atoms with Gasteiger partial charge in [0.2, 0.25) is 5.56 Å². The molecule has 80 valence electrons. The third-order valence-corrected chi connectivity index (χ3v) is 2.67.